The fraction of sp³-hybridized carbons (Fsp3) is 0.846. The second-order valence-corrected chi connectivity index (χ2v) is 5.94. The molecular formula is C13H25NO3. The van der Waals surface area contributed by atoms with Gasteiger partial charge in [-0.2, -0.15) is 0 Å². The Balaban J connectivity index is 4.13. The van der Waals surface area contributed by atoms with Gasteiger partial charge < -0.3 is 10.4 Å². The Morgan fingerprint density at radius 2 is 1.82 bits per heavy atom. The molecule has 0 aliphatic carbocycles. The molecule has 4 heteroatoms. The molecule has 17 heavy (non-hydrogen) atoms. The first-order valence-corrected chi connectivity index (χ1v) is 6.18. The van der Waals surface area contributed by atoms with Crippen LogP contribution >= 0.6 is 0 Å². The number of carbonyl (C=O) groups is 2. The van der Waals surface area contributed by atoms with E-state index in [2.05, 4.69) is 26.1 Å². The van der Waals surface area contributed by atoms with Gasteiger partial charge in [0.15, 0.2) is 0 Å². The number of carboxylic acid groups (broad SMARTS) is 1. The van der Waals surface area contributed by atoms with E-state index in [9.17, 15) is 9.59 Å². The van der Waals surface area contributed by atoms with Crippen LogP contribution in [0, 0.1) is 11.3 Å². The van der Waals surface area contributed by atoms with Crippen LogP contribution in [0.1, 0.15) is 53.9 Å². The largest absolute Gasteiger partial charge is 0.480 e. The molecule has 0 bridgehead atoms. The highest BCUT2D eigenvalue weighted by atomic mass is 16.4. The van der Waals surface area contributed by atoms with Crippen LogP contribution in [0.2, 0.25) is 0 Å². The van der Waals surface area contributed by atoms with Crippen LogP contribution in [-0.4, -0.2) is 23.0 Å². The van der Waals surface area contributed by atoms with Crippen LogP contribution in [0.5, 0.6) is 0 Å². The number of hydrogen-bond acceptors (Lipinski definition) is 2. The van der Waals surface area contributed by atoms with Crippen molar-refractivity contribution in [1.82, 2.24) is 5.32 Å². The molecule has 0 spiro atoms. The normalized spacial score (nSPS) is 15.1. The van der Waals surface area contributed by atoms with Gasteiger partial charge in [0.2, 0.25) is 5.91 Å². The Kier molecular flexibility index (Phi) is 6.21. The number of carboxylic acids is 1. The van der Waals surface area contributed by atoms with Gasteiger partial charge in [-0.25, -0.2) is 4.79 Å². The third-order valence-electron chi connectivity index (χ3n) is 2.54. The van der Waals surface area contributed by atoms with E-state index in [0.29, 0.717) is 12.8 Å². The molecule has 0 rings (SSSR count). The van der Waals surface area contributed by atoms with E-state index >= 15 is 0 Å². The van der Waals surface area contributed by atoms with Crippen molar-refractivity contribution in [2.24, 2.45) is 11.3 Å². The molecule has 2 N–H and O–H groups in total. The third kappa shape index (κ3) is 7.77. The molecule has 0 fully saturated rings. The molecule has 0 aromatic heterocycles. The first kappa shape index (κ1) is 15.9. The summed E-state index contributed by atoms with van der Waals surface area (Å²) in [4.78, 5) is 22.4. The minimum atomic E-state index is -0.968. The van der Waals surface area contributed by atoms with Crippen LogP contribution in [0.4, 0.5) is 0 Å². The Hall–Kier alpha value is -1.06. The lowest BCUT2D eigenvalue weighted by Gasteiger charge is -2.23. The van der Waals surface area contributed by atoms with Crippen molar-refractivity contribution in [1.29, 1.82) is 0 Å². The predicted octanol–water partition coefficient (Wildman–Crippen LogP) is 2.43. The summed E-state index contributed by atoms with van der Waals surface area (Å²) < 4.78 is 0. The van der Waals surface area contributed by atoms with E-state index in [-0.39, 0.29) is 17.2 Å². The monoisotopic (exact) mass is 243 g/mol. The summed E-state index contributed by atoms with van der Waals surface area (Å²) in [7, 11) is 0. The maximum Gasteiger partial charge on any atom is 0.326 e. The number of amides is 1. The number of hydrogen-bond donors (Lipinski definition) is 2. The molecule has 100 valence electrons. The number of nitrogens with one attached hydrogen (secondary N) is 1. The zero-order valence-electron chi connectivity index (χ0n) is 11.5. The van der Waals surface area contributed by atoms with Gasteiger partial charge in [0, 0.05) is 6.42 Å². The van der Waals surface area contributed by atoms with Crippen molar-refractivity contribution in [2.75, 3.05) is 0 Å². The van der Waals surface area contributed by atoms with Crippen molar-refractivity contribution in [3.63, 3.8) is 0 Å². The highest BCUT2D eigenvalue weighted by Gasteiger charge is 2.21. The van der Waals surface area contributed by atoms with E-state index in [1.54, 1.807) is 6.92 Å². The van der Waals surface area contributed by atoms with Crippen LogP contribution in [0.25, 0.3) is 0 Å². The smallest absolute Gasteiger partial charge is 0.326 e. The average molecular weight is 243 g/mol. The van der Waals surface area contributed by atoms with Gasteiger partial charge in [-0.3, -0.25) is 4.79 Å². The van der Waals surface area contributed by atoms with Crippen LogP contribution in [0.3, 0.4) is 0 Å². The topological polar surface area (TPSA) is 66.4 Å². The lowest BCUT2D eigenvalue weighted by molar-refractivity contribution is -0.142. The SMILES string of the molecule is CCC(NC(=O)CC(C)CC(C)(C)C)C(=O)O. The first-order valence-electron chi connectivity index (χ1n) is 6.18. The standard InChI is InChI=1S/C13H25NO3/c1-6-10(12(16)17)14-11(15)7-9(2)8-13(3,4)5/h9-10H,6-8H2,1-5H3,(H,14,15)(H,16,17). The van der Waals surface area contributed by atoms with Gasteiger partial charge in [0.1, 0.15) is 6.04 Å². The second-order valence-electron chi connectivity index (χ2n) is 5.94. The zero-order chi connectivity index (χ0) is 13.6. The van der Waals surface area contributed by atoms with Crippen molar-refractivity contribution < 1.29 is 14.7 Å². The van der Waals surface area contributed by atoms with Crippen LogP contribution < -0.4 is 5.32 Å². The van der Waals surface area contributed by atoms with Gasteiger partial charge in [-0.1, -0.05) is 34.6 Å². The Morgan fingerprint density at radius 3 is 2.18 bits per heavy atom. The summed E-state index contributed by atoms with van der Waals surface area (Å²) in [5, 5.41) is 11.4. The summed E-state index contributed by atoms with van der Waals surface area (Å²) in [5.74, 6) is -0.873. The third-order valence-corrected chi connectivity index (χ3v) is 2.54. The van der Waals surface area contributed by atoms with Gasteiger partial charge in [0.05, 0.1) is 0 Å². The Labute approximate surface area is 104 Å². The van der Waals surface area contributed by atoms with Gasteiger partial charge in [0.25, 0.3) is 0 Å². The zero-order valence-corrected chi connectivity index (χ0v) is 11.5. The molecule has 0 aliphatic heterocycles. The first-order chi connectivity index (χ1) is 7.65. The molecule has 0 saturated heterocycles. The molecule has 0 aliphatic rings. The Bertz CT molecular complexity index is 268. The molecule has 0 heterocycles. The molecule has 0 radical (unpaired) electrons. The molecule has 4 nitrogen and oxygen atoms in total. The summed E-state index contributed by atoms with van der Waals surface area (Å²) in [6.07, 6.45) is 1.75. The van der Waals surface area contributed by atoms with Gasteiger partial charge in [-0.05, 0) is 24.2 Å². The van der Waals surface area contributed by atoms with E-state index in [4.69, 9.17) is 5.11 Å². The fourth-order valence-corrected chi connectivity index (χ4v) is 2.03. The van der Waals surface area contributed by atoms with Crippen LogP contribution in [-0.2, 0) is 9.59 Å². The number of carbonyl (C=O) groups excluding carboxylic acids is 1. The molecule has 0 saturated carbocycles. The second kappa shape index (κ2) is 6.62. The molecule has 2 atom stereocenters. The average Bonchev–Trinajstić information content (AvgIpc) is 2.09. The molecular weight excluding hydrogens is 218 g/mol. The fourth-order valence-electron chi connectivity index (χ4n) is 2.03. The van der Waals surface area contributed by atoms with E-state index in [1.165, 1.54) is 0 Å². The predicted molar refractivity (Wildman–Crippen MR) is 67.7 cm³/mol. The van der Waals surface area contributed by atoms with Crippen molar-refractivity contribution >= 4 is 11.9 Å². The summed E-state index contributed by atoms with van der Waals surface area (Å²) in [6.45, 7) is 10.2. The summed E-state index contributed by atoms with van der Waals surface area (Å²) >= 11 is 0. The quantitative estimate of drug-likeness (QED) is 0.753. The van der Waals surface area contributed by atoms with Gasteiger partial charge in [-0.15, -0.1) is 0 Å². The molecule has 1 amide bonds. The van der Waals surface area contributed by atoms with Gasteiger partial charge >= 0.3 is 5.97 Å². The molecule has 2 unspecified atom stereocenters. The highest BCUT2D eigenvalue weighted by Crippen LogP contribution is 2.25. The highest BCUT2D eigenvalue weighted by molar-refractivity contribution is 5.83. The molecule has 0 aromatic rings. The maximum atomic E-state index is 11.6. The van der Waals surface area contributed by atoms with Crippen molar-refractivity contribution in [3.8, 4) is 0 Å². The van der Waals surface area contributed by atoms with E-state index in [1.807, 2.05) is 6.92 Å². The lowest BCUT2D eigenvalue weighted by Crippen LogP contribution is -2.40. The summed E-state index contributed by atoms with van der Waals surface area (Å²) in [5.41, 5.74) is 0.191. The summed E-state index contributed by atoms with van der Waals surface area (Å²) in [6, 6.07) is -0.760. The minimum absolute atomic E-state index is 0.170. The lowest BCUT2D eigenvalue weighted by atomic mass is 9.84. The maximum absolute atomic E-state index is 11.6. The Morgan fingerprint density at radius 1 is 1.29 bits per heavy atom. The van der Waals surface area contributed by atoms with E-state index < -0.39 is 12.0 Å². The van der Waals surface area contributed by atoms with Crippen LogP contribution in [0.15, 0.2) is 0 Å². The van der Waals surface area contributed by atoms with Crippen molar-refractivity contribution in [2.45, 2.75) is 59.9 Å². The van der Waals surface area contributed by atoms with Crippen molar-refractivity contribution in [3.05, 3.63) is 0 Å². The number of rotatable bonds is 6. The molecule has 0 aromatic carbocycles. The number of aliphatic carboxylic acids is 1. The van der Waals surface area contributed by atoms with E-state index in [0.717, 1.165) is 6.42 Å². The minimum Gasteiger partial charge on any atom is -0.480 e.